The molecule has 5 nitrogen and oxygen atoms in total. The van der Waals surface area contributed by atoms with Gasteiger partial charge in [0.25, 0.3) is 5.69 Å². The fourth-order valence-corrected chi connectivity index (χ4v) is 2.28. The van der Waals surface area contributed by atoms with E-state index in [0.717, 1.165) is 36.8 Å². The molecule has 0 atom stereocenters. The zero-order valence-corrected chi connectivity index (χ0v) is 11.6. The molecule has 1 N–H and O–H groups in total. The maximum atomic E-state index is 10.9. The van der Waals surface area contributed by atoms with Crippen LogP contribution < -0.4 is 5.32 Å². The molecule has 0 saturated heterocycles. The largest absolute Gasteiger partial charge is 0.385 e. The predicted molar refractivity (Wildman–Crippen MR) is 76.3 cm³/mol. The van der Waals surface area contributed by atoms with Gasteiger partial charge < -0.3 is 10.2 Å². The van der Waals surface area contributed by atoms with E-state index in [2.05, 4.69) is 17.3 Å². The number of nitro groups is 1. The molecule has 0 heterocycles. The first kappa shape index (κ1) is 13.8. The molecule has 104 valence electrons. The zero-order valence-electron chi connectivity index (χ0n) is 11.6. The van der Waals surface area contributed by atoms with Gasteiger partial charge >= 0.3 is 0 Å². The Balaban J connectivity index is 2.13. The summed E-state index contributed by atoms with van der Waals surface area (Å²) in [6.07, 6.45) is 2.64. The van der Waals surface area contributed by atoms with Gasteiger partial charge in [0, 0.05) is 37.5 Å². The Bertz CT molecular complexity index is 458. The highest BCUT2D eigenvalue weighted by Gasteiger charge is 2.23. The van der Waals surface area contributed by atoms with Gasteiger partial charge in [-0.05, 0) is 44.4 Å². The number of hydrogen-bond donors (Lipinski definition) is 1. The highest BCUT2D eigenvalue weighted by molar-refractivity contribution is 5.56. The minimum absolute atomic E-state index is 0.163. The van der Waals surface area contributed by atoms with E-state index in [-0.39, 0.29) is 10.6 Å². The van der Waals surface area contributed by atoms with Crippen molar-refractivity contribution in [1.29, 1.82) is 0 Å². The lowest BCUT2D eigenvalue weighted by molar-refractivity contribution is -0.384. The number of nitrogens with one attached hydrogen (secondary N) is 1. The van der Waals surface area contributed by atoms with Gasteiger partial charge in [0.2, 0.25) is 0 Å². The van der Waals surface area contributed by atoms with Crippen molar-refractivity contribution in [2.45, 2.75) is 26.3 Å². The maximum Gasteiger partial charge on any atom is 0.269 e. The first-order valence-corrected chi connectivity index (χ1v) is 6.80. The number of hydrogen-bond acceptors (Lipinski definition) is 4. The summed E-state index contributed by atoms with van der Waals surface area (Å²) >= 11 is 0. The van der Waals surface area contributed by atoms with Gasteiger partial charge in [-0.15, -0.1) is 0 Å². The summed E-state index contributed by atoms with van der Waals surface area (Å²) in [5, 5.41) is 14.1. The lowest BCUT2D eigenvalue weighted by atomic mass is 10.1. The van der Waals surface area contributed by atoms with Crippen LogP contribution in [0.4, 0.5) is 11.4 Å². The molecule has 1 aromatic carbocycles. The highest BCUT2D eigenvalue weighted by Crippen LogP contribution is 2.30. The molecule has 1 aromatic rings. The van der Waals surface area contributed by atoms with Crippen LogP contribution in [0.15, 0.2) is 18.2 Å². The third-order valence-electron chi connectivity index (χ3n) is 3.37. The Hall–Kier alpha value is -1.62. The summed E-state index contributed by atoms with van der Waals surface area (Å²) in [4.78, 5) is 12.8. The van der Waals surface area contributed by atoms with Crippen LogP contribution in [0, 0.1) is 16.0 Å². The number of nitrogens with zero attached hydrogens (tertiary/aromatic N) is 2. The third kappa shape index (κ3) is 3.92. The fourth-order valence-electron chi connectivity index (χ4n) is 2.28. The van der Waals surface area contributed by atoms with Crippen LogP contribution in [0.3, 0.4) is 0 Å². The third-order valence-corrected chi connectivity index (χ3v) is 3.37. The van der Waals surface area contributed by atoms with E-state index >= 15 is 0 Å². The molecule has 0 aliphatic heterocycles. The van der Waals surface area contributed by atoms with Crippen LogP contribution >= 0.6 is 0 Å². The topological polar surface area (TPSA) is 58.4 Å². The standard InChI is InChI=1S/C14H21N3O2/c1-3-15-14-7-6-13(17(18)19)8-12(14)10-16(2)9-11-4-5-11/h6-8,11,15H,3-5,9-10H2,1-2H3. The van der Waals surface area contributed by atoms with Gasteiger partial charge in [-0.1, -0.05) is 0 Å². The van der Waals surface area contributed by atoms with Crippen molar-refractivity contribution >= 4 is 11.4 Å². The number of rotatable bonds is 7. The van der Waals surface area contributed by atoms with E-state index in [4.69, 9.17) is 0 Å². The van der Waals surface area contributed by atoms with Crippen LogP contribution in [-0.2, 0) is 6.54 Å². The summed E-state index contributed by atoms with van der Waals surface area (Å²) in [5.74, 6) is 0.825. The molecule has 0 radical (unpaired) electrons. The summed E-state index contributed by atoms with van der Waals surface area (Å²) in [6, 6.07) is 5.05. The number of anilines is 1. The van der Waals surface area contributed by atoms with E-state index in [9.17, 15) is 10.1 Å². The molecule has 2 rings (SSSR count). The fraction of sp³-hybridized carbons (Fsp3) is 0.571. The Labute approximate surface area is 113 Å². The SMILES string of the molecule is CCNc1ccc([N+](=O)[O-])cc1CN(C)CC1CC1. The molecular formula is C14H21N3O2. The Morgan fingerprint density at radius 1 is 1.47 bits per heavy atom. The van der Waals surface area contributed by atoms with Gasteiger partial charge in [0.1, 0.15) is 0 Å². The normalized spacial score (nSPS) is 14.7. The van der Waals surface area contributed by atoms with Crippen LogP contribution in [0.2, 0.25) is 0 Å². The Morgan fingerprint density at radius 2 is 2.21 bits per heavy atom. The minimum atomic E-state index is -0.333. The predicted octanol–water partition coefficient (Wildman–Crippen LogP) is 2.87. The van der Waals surface area contributed by atoms with Gasteiger partial charge in [-0.2, -0.15) is 0 Å². The highest BCUT2D eigenvalue weighted by atomic mass is 16.6. The molecule has 0 amide bonds. The van der Waals surface area contributed by atoms with Crippen molar-refractivity contribution in [3.8, 4) is 0 Å². The molecule has 1 aliphatic carbocycles. The second-order valence-electron chi connectivity index (χ2n) is 5.27. The van der Waals surface area contributed by atoms with E-state index in [1.165, 1.54) is 12.8 Å². The average molecular weight is 263 g/mol. The van der Waals surface area contributed by atoms with E-state index in [1.54, 1.807) is 12.1 Å². The molecule has 0 spiro atoms. The molecule has 0 bridgehead atoms. The smallest absolute Gasteiger partial charge is 0.269 e. The monoisotopic (exact) mass is 263 g/mol. The Kier molecular flexibility index (Phi) is 4.37. The molecule has 1 fully saturated rings. The summed E-state index contributed by atoms with van der Waals surface area (Å²) in [5.41, 5.74) is 2.16. The molecule has 1 aliphatic rings. The van der Waals surface area contributed by atoms with Crippen molar-refractivity contribution in [1.82, 2.24) is 4.90 Å². The number of non-ortho nitro benzene ring substituents is 1. The van der Waals surface area contributed by atoms with Crippen molar-refractivity contribution < 1.29 is 4.92 Å². The van der Waals surface area contributed by atoms with E-state index < -0.39 is 0 Å². The first-order chi connectivity index (χ1) is 9.10. The summed E-state index contributed by atoms with van der Waals surface area (Å²) < 4.78 is 0. The van der Waals surface area contributed by atoms with Crippen LogP contribution in [0.1, 0.15) is 25.3 Å². The van der Waals surface area contributed by atoms with Gasteiger partial charge in [-0.25, -0.2) is 0 Å². The molecule has 1 saturated carbocycles. The van der Waals surface area contributed by atoms with Crippen LogP contribution in [0.5, 0.6) is 0 Å². The zero-order chi connectivity index (χ0) is 13.8. The molecule has 19 heavy (non-hydrogen) atoms. The van der Waals surface area contributed by atoms with Crippen molar-refractivity contribution in [2.75, 3.05) is 25.5 Å². The maximum absolute atomic E-state index is 10.9. The van der Waals surface area contributed by atoms with Crippen molar-refractivity contribution in [3.05, 3.63) is 33.9 Å². The van der Waals surface area contributed by atoms with E-state index in [1.807, 2.05) is 13.0 Å². The first-order valence-electron chi connectivity index (χ1n) is 6.80. The van der Waals surface area contributed by atoms with Crippen LogP contribution in [-0.4, -0.2) is 30.0 Å². The quantitative estimate of drug-likeness (QED) is 0.607. The van der Waals surface area contributed by atoms with Crippen molar-refractivity contribution in [3.63, 3.8) is 0 Å². The van der Waals surface area contributed by atoms with Crippen molar-refractivity contribution in [2.24, 2.45) is 5.92 Å². The van der Waals surface area contributed by atoms with Crippen LogP contribution in [0.25, 0.3) is 0 Å². The second kappa shape index (κ2) is 6.02. The second-order valence-corrected chi connectivity index (χ2v) is 5.27. The molecular weight excluding hydrogens is 242 g/mol. The lowest BCUT2D eigenvalue weighted by Gasteiger charge is -2.18. The number of nitro benzene ring substituents is 1. The van der Waals surface area contributed by atoms with E-state index in [0.29, 0.717) is 0 Å². The molecule has 0 unspecified atom stereocenters. The lowest BCUT2D eigenvalue weighted by Crippen LogP contribution is -2.21. The average Bonchev–Trinajstić information content (AvgIpc) is 3.15. The van der Waals surface area contributed by atoms with Gasteiger partial charge in [0.05, 0.1) is 4.92 Å². The van der Waals surface area contributed by atoms with Gasteiger partial charge in [0.15, 0.2) is 0 Å². The summed E-state index contributed by atoms with van der Waals surface area (Å²) in [7, 11) is 2.08. The molecule has 5 heteroatoms. The van der Waals surface area contributed by atoms with Gasteiger partial charge in [-0.3, -0.25) is 10.1 Å². The minimum Gasteiger partial charge on any atom is -0.385 e. The summed E-state index contributed by atoms with van der Waals surface area (Å²) in [6.45, 7) is 4.67. The Morgan fingerprint density at radius 3 is 2.79 bits per heavy atom. The number of benzene rings is 1. The molecule has 0 aromatic heterocycles.